The molecule has 1 aliphatic rings. The number of hydrogen-bond acceptors (Lipinski definition) is 4. The zero-order chi connectivity index (χ0) is 17.7. The van der Waals surface area contributed by atoms with Crippen LogP contribution in [0.1, 0.15) is 43.5 Å². The number of nitrogens with zero attached hydrogens (tertiary/aromatic N) is 1. The van der Waals surface area contributed by atoms with Gasteiger partial charge in [-0.1, -0.05) is 12.5 Å². The van der Waals surface area contributed by atoms with E-state index in [4.69, 9.17) is 4.74 Å². The number of ether oxygens (including phenoxy) is 1. The Kier molecular flexibility index (Phi) is 6.23. The van der Waals surface area contributed by atoms with E-state index in [0.717, 1.165) is 19.3 Å². The summed E-state index contributed by atoms with van der Waals surface area (Å²) >= 11 is 0. The first-order valence-electron chi connectivity index (χ1n) is 8.28. The highest BCUT2D eigenvalue weighted by atomic mass is 32.2. The Labute approximate surface area is 144 Å². The predicted molar refractivity (Wildman–Crippen MR) is 93.7 cm³/mol. The summed E-state index contributed by atoms with van der Waals surface area (Å²) in [5.74, 6) is 0.201. The molecular formula is C17H26N2O4S. The van der Waals surface area contributed by atoms with E-state index in [1.54, 1.807) is 28.6 Å². The lowest BCUT2D eigenvalue weighted by atomic mass is 10.0. The second kappa shape index (κ2) is 7.98. The van der Waals surface area contributed by atoms with Gasteiger partial charge < -0.3 is 10.1 Å². The SMILES string of the molecule is COc1cccc(C(=O)NCCS(=O)(=O)N2[C@@H](C)CCC[C@@H]2C)c1. The molecule has 1 aliphatic heterocycles. The summed E-state index contributed by atoms with van der Waals surface area (Å²) in [6, 6.07) is 6.81. The number of benzene rings is 1. The number of carbonyl (C=O) groups is 1. The van der Waals surface area contributed by atoms with Gasteiger partial charge in [0.25, 0.3) is 5.91 Å². The minimum Gasteiger partial charge on any atom is -0.497 e. The van der Waals surface area contributed by atoms with Crippen LogP contribution in [0.2, 0.25) is 0 Å². The van der Waals surface area contributed by atoms with Crippen LogP contribution in [0.15, 0.2) is 24.3 Å². The molecule has 0 saturated carbocycles. The molecule has 0 spiro atoms. The van der Waals surface area contributed by atoms with E-state index < -0.39 is 10.0 Å². The maximum Gasteiger partial charge on any atom is 0.251 e. The van der Waals surface area contributed by atoms with Gasteiger partial charge in [0.2, 0.25) is 10.0 Å². The van der Waals surface area contributed by atoms with Crippen LogP contribution in [-0.2, 0) is 10.0 Å². The molecule has 134 valence electrons. The average molecular weight is 354 g/mol. The van der Waals surface area contributed by atoms with E-state index in [-0.39, 0.29) is 30.3 Å². The Bertz CT molecular complexity index is 665. The molecule has 6 nitrogen and oxygen atoms in total. The average Bonchev–Trinajstić information content (AvgIpc) is 2.54. The first-order valence-corrected chi connectivity index (χ1v) is 9.89. The Hall–Kier alpha value is -1.60. The molecule has 1 saturated heterocycles. The number of rotatable bonds is 6. The molecule has 1 amide bonds. The van der Waals surface area contributed by atoms with Gasteiger partial charge in [-0.05, 0) is 44.9 Å². The summed E-state index contributed by atoms with van der Waals surface area (Å²) in [6.45, 7) is 3.98. The van der Waals surface area contributed by atoms with Gasteiger partial charge in [-0.25, -0.2) is 8.42 Å². The van der Waals surface area contributed by atoms with Crippen LogP contribution in [0.5, 0.6) is 5.75 Å². The van der Waals surface area contributed by atoms with E-state index in [2.05, 4.69) is 5.32 Å². The number of piperidine rings is 1. The van der Waals surface area contributed by atoms with E-state index in [0.29, 0.717) is 11.3 Å². The number of methoxy groups -OCH3 is 1. The predicted octanol–water partition coefficient (Wildman–Crippen LogP) is 2.02. The Morgan fingerprint density at radius 1 is 1.29 bits per heavy atom. The third kappa shape index (κ3) is 4.48. The molecule has 0 aliphatic carbocycles. The summed E-state index contributed by atoms with van der Waals surface area (Å²) < 4.78 is 31.8. The molecule has 2 rings (SSSR count). The van der Waals surface area contributed by atoms with Gasteiger partial charge in [-0.3, -0.25) is 4.79 Å². The largest absolute Gasteiger partial charge is 0.497 e. The molecule has 0 radical (unpaired) electrons. The standard InChI is InChI=1S/C17H26N2O4S/c1-13-6-4-7-14(2)19(13)24(21,22)11-10-18-17(20)15-8-5-9-16(12-15)23-3/h5,8-9,12-14H,4,6-7,10-11H2,1-3H3,(H,18,20)/t13-,14-/m0/s1. The van der Waals surface area contributed by atoms with Crippen molar-refractivity contribution in [2.24, 2.45) is 0 Å². The van der Waals surface area contributed by atoms with Crippen LogP contribution in [0.3, 0.4) is 0 Å². The first-order chi connectivity index (χ1) is 11.3. The van der Waals surface area contributed by atoms with Crippen molar-refractivity contribution in [3.8, 4) is 5.75 Å². The van der Waals surface area contributed by atoms with E-state index >= 15 is 0 Å². The first kappa shape index (κ1) is 18.7. The number of amides is 1. The highest BCUT2D eigenvalue weighted by Crippen LogP contribution is 2.25. The fourth-order valence-electron chi connectivity index (χ4n) is 3.21. The molecule has 24 heavy (non-hydrogen) atoms. The number of nitrogens with one attached hydrogen (secondary N) is 1. The summed E-state index contributed by atoms with van der Waals surface area (Å²) in [7, 11) is -1.85. The monoisotopic (exact) mass is 354 g/mol. The number of carbonyl (C=O) groups excluding carboxylic acids is 1. The van der Waals surface area contributed by atoms with Crippen LogP contribution in [0, 0.1) is 0 Å². The number of sulfonamides is 1. The second-order valence-electron chi connectivity index (χ2n) is 6.26. The summed E-state index contributed by atoms with van der Waals surface area (Å²) in [5.41, 5.74) is 0.450. The zero-order valence-electron chi connectivity index (χ0n) is 14.5. The summed E-state index contributed by atoms with van der Waals surface area (Å²) in [5, 5.41) is 2.67. The van der Waals surface area contributed by atoms with Crippen molar-refractivity contribution in [3.05, 3.63) is 29.8 Å². The molecule has 1 aromatic carbocycles. The van der Waals surface area contributed by atoms with Gasteiger partial charge in [-0.2, -0.15) is 4.31 Å². The highest BCUT2D eigenvalue weighted by Gasteiger charge is 2.34. The summed E-state index contributed by atoms with van der Waals surface area (Å²) in [4.78, 5) is 12.1. The topological polar surface area (TPSA) is 75.7 Å². The quantitative estimate of drug-likeness (QED) is 0.848. The van der Waals surface area contributed by atoms with Crippen molar-refractivity contribution < 1.29 is 17.9 Å². The van der Waals surface area contributed by atoms with Gasteiger partial charge in [-0.15, -0.1) is 0 Å². The molecule has 1 heterocycles. The van der Waals surface area contributed by atoms with Crippen LogP contribution >= 0.6 is 0 Å². The molecule has 0 unspecified atom stereocenters. The molecule has 2 atom stereocenters. The molecule has 0 aromatic heterocycles. The van der Waals surface area contributed by atoms with Crippen molar-refractivity contribution >= 4 is 15.9 Å². The molecule has 1 aromatic rings. The lowest BCUT2D eigenvalue weighted by Crippen LogP contribution is -2.49. The van der Waals surface area contributed by atoms with E-state index in [1.165, 1.54) is 7.11 Å². The number of hydrogen-bond donors (Lipinski definition) is 1. The van der Waals surface area contributed by atoms with Crippen LogP contribution in [-0.4, -0.2) is 50.1 Å². The van der Waals surface area contributed by atoms with E-state index in [1.807, 2.05) is 13.8 Å². The molecule has 0 bridgehead atoms. The van der Waals surface area contributed by atoms with Gasteiger partial charge in [0, 0.05) is 24.2 Å². The van der Waals surface area contributed by atoms with Crippen LogP contribution in [0.4, 0.5) is 0 Å². The van der Waals surface area contributed by atoms with Gasteiger partial charge in [0.05, 0.1) is 12.9 Å². The Morgan fingerprint density at radius 3 is 2.58 bits per heavy atom. The fraction of sp³-hybridized carbons (Fsp3) is 0.588. The van der Waals surface area contributed by atoms with Gasteiger partial charge in [0.1, 0.15) is 5.75 Å². The highest BCUT2D eigenvalue weighted by molar-refractivity contribution is 7.89. The van der Waals surface area contributed by atoms with Gasteiger partial charge >= 0.3 is 0 Å². The third-order valence-corrected chi connectivity index (χ3v) is 6.49. The fourth-order valence-corrected chi connectivity index (χ4v) is 5.09. The van der Waals surface area contributed by atoms with Crippen molar-refractivity contribution in [1.29, 1.82) is 0 Å². The Morgan fingerprint density at radius 2 is 1.96 bits per heavy atom. The van der Waals surface area contributed by atoms with Crippen molar-refractivity contribution in [2.45, 2.75) is 45.2 Å². The molecule has 1 fully saturated rings. The van der Waals surface area contributed by atoms with Crippen molar-refractivity contribution in [1.82, 2.24) is 9.62 Å². The Balaban J connectivity index is 1.93. The molecular weight excluding hydrogens is 328 g/mol. The second-order valence-corrected chi connectivity index (χ2v) is 8.26. The minimum atomic E-state index is -3.38. The zero-order valence-corrected chi connectivity index (χ0v) is 15.3. The lowest BCUT2D eigenvalue weighted by molar-refractivity contribution is 0.0955. The minimum absolute atomic E-state index is 0.0211. The maximum absolute atomic E-state index is 12.6. The maximum atomic E-state index is 12.6. The lowest BCUT2D eigenvalue weighted by Gasteiger charge is -2.37. The van der Waals surface area contributed by atoms with Gasteiger partial charge in [0.15, 0.2) is 0 Å². The van der Waals surface area contributed by atoms with Crippen molar-refractivity contribution in [2.75, 3.05) is 19.4 Å². The van der Waals surface area contributed by atoms with E-state index in [9.17, 15) is 13.2 Å². The van der Waals surface area contributed by atoms with Crippen molar-refractivity contribution in [3.63, 3.8) is 0 Å². The normalized spacial score (nSPS) is 22.1. The summed E-state index contributed by atoms with van der Waals surface area (Å²) in [6.07, 6.45) is 2.83. The third-order valence-electron chi connectivity index (χ3n) is 4.41. The van der Waals surface area contributed by atoms with Crippen LogP contribution < -0.4 is 10.1 Å². The molecule has 7 heteroatoms. The van der Waals surface area contributed by atoms with Crippen LogP contribution in [0.25, 0.3) is 0 Å². The molecule has 1 N–H and O–H groups in total. The smallest absolute Gasteiger partial charge is 0.251 e.